The second-order valence-electron chi connectivity index (χ2n) is 4.45. The molecule has 3 rings (SSSR count). The number of pyridine rings is 1. The molecule has 0 amide bonds. The smallest absolute Gasteiger partial charge is 0.146 e. The first-order valence-corrected chi connectivity index (χ1v) is 6.96. The van der Waals surface area contributed by atoms with Crippen LogP contribution in [0.2, 0.25) is 0 Å². The van der Waals surface area contributed by atoms with Gasteiger partial charge in [0.2, 0.25) is 0 Å². The third-order valence-electron chi connectivity index (χ3n) is 3.19. The molecule has 0 radical (unpaired) electrons. The Hall–Kier alpha value is -1.85. The minimum atomic E-state index is -0.351. The molecule has 0 aliphatic carbocycles. The number of fused-ring (bicyclic) bond motifs is 1. The first-order chi connectivity index (χ1) is 9.69. The van der Waals surface area contributed by atoms with Crippen LogP contribution in [0, 0.1) is 11.6 Å². The van der Waals surface area contributed by atoms with Gasteiger partial charge in [-0.15, -0.1) is 11.3 Å². The van der Waals surface area contributed by atoms with E-state index in [4.69, 9.17) is 0 Å². The zero-order chi connectivity index (χ0) is 14.1. The summed E-state index contributed by atoms with van der Waals surface area (Å²) in [7, 11) is 1.77. The molecule has 102 valence electrons. The number of halogens is 2. The number of aromatic nitrogens is 1. The van der Waals surface area contributed by atoms with Crippen molar-refractivity contribution in [2.75, 3.05) is 7.05 Å². The Kier molecular flexibility index (Phi) is 3.46. The van der Waals surface area contributed by atoms with E-state index in [0.29, 0.717) is 5.56 Å². The topological polar surface area (TPSA) is 24.9 Å². The summed E-state index contributed by atoms with van der Waals surface area (Å²) in [5, 5.41) is 4.06. The van der Waals surface area contributed by atoms with Crippen molar-refractivity contribution in [3.8, 4) is 0 Å². The molecule has 1 N–H and O–H groups in total. The first kappa shape index (κ1) is 13.1. The molecule has 2 heterocycles. The maximum absolute atomic E-state index is 13.9. The van der Waals surface area contributed by atoms with Crippen LogP contribution in [0.25, 0.3) is 10.1 Å². The number of thiophene rings is 1. The molecule has 0 saturated carbocycles. The fourth-order valence-corrected chi connectivity index (χ4v) is 3.46. The molecule has 5 heteroatoms. The van der Waals surface area contributed by atoms with E-state index in [1.165, 1.54) is 29.7 Å². The van der Waals surface area contributed by atoms with Crippen molar-refractivity contribution in [3.63, 3.8) is 0 Å². The molecule has 0 aliphatic rings. The minimum Gasteiger partial charge on any atom is -0.309 e. The normalized spacial score (nSPS) is 12.8. The Morgan fingerprint density at radius 3 is 2.80 bits per heavy atom. The van der Waals surface area contributed by atoms with Gasteiger partial charge in [0, 0.05) is 21.3 Å². The molecule has 0 aliphatic heterocycles. The summed E-state index contributed by atoms with van der Waals surface area (Å²) in [5.74, 6) is -0.613. The largest absolute Gasteiger partial charge is 0.309 e. The van der Waals surface area contributed by atoms with Gasteiger partial charge in [-0.25, -0.2) is 8.78 Å². The number of hydrogen-bond acceptors (Lipinski definition) is 3. The zero-order valence-corrected chi connectivity index (χ0v) is 11.5. The molecule has 20 heavy (non-hydrogen) atoms. The van der Waals surface area contributed by atoms with E-state index in [1.807, 2.05) is 6.07 Å². The maximum atomic E-state index is 13.9. The first-order valence-electron chi connectivity index (χ1n) is 6.14. The van der Waals surface area contributed by atoms with E-state index >= 15 is 0 Å². The number of hydrogen-bond donors (Lipinski definition) is 1. The number of rotatable bonds is 3. The SMILES string of the molecule is CNC(c1cc2ccc(F)cc2s1)c1ccncc1F. The summed E-state index contributed by atoms with van der Waals surface area (Å²) >= 11 is 1.46. The minimum absolute atomic E-state index is 0.262. The Morgan fingerprint density at radius 2 is 2.05 bits per heavy atom. The van der Waals surface area contributed by atoms with E-state index in [2.05, 4.69) is 10.3 Å². The van der Waals surface area contributed by atoms with E-state index in [-0.39, 0.29) is 17.7 Å². The predicted octanol–water partition coefficient (Wildman–Crippen LogP) is 3.88. The van der Waals surface area contributed by atoms with Gasteiger partial charge in [0.15, 0.2) is 0 Å². The van der Waals surface area contributed by atoms with Crippen LogP contribution in [0.1, 0.15) is 16.5 Å². The number of benzene rings is 1. The quantitative estimate of drug-likeness (QED) is 0.791. The fourth-order valence-electron chi connectivity index (χ4n) is 2.24. The molecule has 1 atom stereocenters. The van der Waals surface area contributed by atoms with Crippen molar-refractivity contribution < 1.29 is 8.78 Å². The van der Waals surface area contributed by atoms with Gasteiger partial charge in [-0.1, -0.05) is 6.07 Å². The van der Waals surface area contributed by atoms with Crippen molar-refractivity contribution in [1.29, 1.82) is 0 Å². The van der Waals surface area contributed by atoms with E-state index in [9.17, 15) is 8.78 Å². The molecule has 2 aromatic heterocycles. The predicted molar refractivity (Wildman–Crippen MR) is 76.9 cm³/mol. The average molecular weight is 290 g/mol. The molecule has 3 aromatic rings. The van der Waals surface area contributed by atoms with E-state index in [1.54, 1.807) is 25.4 Å². The summed E-state index contributed by atoms with van der Waals surface area (Å²) in [5.41, 5.74) is 0.537. The highest BCUT2D eigenvalue weighted by atomic mass is 32.1. The lowest BCUT2D eigenvalue weighted by molar-refractivity contribution is 0.574. The van der Waals surface area contributed by atoms with Crippen molar-refractivity contribution >= 4 is 21.4 Å². The zero-order valence-electron chi connectivity index (χ0n) is 10.7. The highest BCUT2D eigenvalue weighted by molar-refractivity contribution is 7.19. The van der Waals surface area contributed by atoms with Crippen LogP contribution >= 0.6 is 11.3 Å². The molecule has 0 spiro atoms. The highest BCUT2D eigenvalue weighted by Gasteiger charge is 2.18. The van der Waals surface area contributed by atoms with Crippen molar-refractivity contribution in [2.24, 2.45) is 0 Å². The highest BCUT2D eigenvalue weighted by Crippen LogP contribution is 2.34. The van der Waals surface area contributed by atoms with Gasteiger partial charge >= 0.3 is 0 Å². The van der Waals surface area contributed by atoms with Gasteiger partial charge in [-0.2, -0.15) is 0 Å². The second kappa shape index (κ2) is 5.26. The Morgan fingerprint density at radius 1 is 1.20 bits per heavy atom. The standard InChI is InChI=1S/C15H12F2N2S/c1-18-15(11-4-5-19-8-12(11)17)14-6-9-2-3-10(16)7-13(9)20-14/h2-8,15,18H,1H3. The molecule has 0 fully saturated rings. The molecular formula is C15H12F2N2S. The van der Waals surface area contributed by atoms with Crippen LogP contribution in [0.15, 0.2) is 42.7 Å². The second-order valence-corrected chi connectivity index (χ2v) is 5.57. The van der Waals surface area contributed by atoms with Crippen molar-refractivity contribution in [2.45, 2.75) is 6.04 Å². The van der Waals surface area contributed by atoms with Crippen molar-refractivity contribution in [1.82, 2.24) is 10.3 Å². The summed E-state index contributed by atoms with van der Waals surface area (Å²) in [6.07, 6.45) is 2.77. The summed E-state index contributed by atoms with van der Waals surface area (Å²) < 4.78 is 28.0. The van der Waals surface area contributed by atoms with Crippen LogP contribution < -0.4 is 5.32 Å². The maximum Gasteiger partial charge on any atom is 0.146 e. The van der Waals surface area contributed by atoms with Gasteiger partial charge in [0.05, 0.1) is 12.2 Å². The molecule has 0 saturated heterocycles. The van der Waals surface area contributed by atoms with Gasteiger partial charge < -0.3 is 5.32 Å². The van der Waals surface area contributed by atoms with Gasteiger partial charge in [0.25, 0.3) is 0 Å². The molecule has 0 bridgehead atoms. The molecule has 2 nitrogen and oxygen atoms in total. The summed E-state index contributed by atoms with van der Waals surface area (Å²) in [4.78, 5) is 4.70. The number of nitrogens with zero attached hydrogens (tertiary/aromatic N) is 1. The molecule has 1 unspecified atom stereocenters. The lowest BCUT2D eigenvalue weighted by Crippen LogP contribution is -2.17. The summed E-state index contributed by atoms with van der Waals surface area (Å²) in [6, 6.07) is 8.01. The number of nitrogens with one attached hydrogen (secondary N) is 1. The Balaban J connectivity index is 2.10. The average Bonchev–Trinajstić information content (AvgIpc) is 2.84. The van der Waals surface area contributed by atoms with E-state index < -0.39 is 0 Å². The third-order valence-corrected chi connectivity index (χ3v) is 4.35. The van der Waals surface area contributed by atoms with Crippen LogP contribution in [0.5, 0.6) is 0 Å². The third kappa shape index (κ3) is 2.30. The van der Waals surface area contributed by atoms with Crippen LogP contribution in [-0.2, 0) is 0 Å². The lowest BCUT2D eigenvalue weighted by Gasteiger charge is -2.15. The van der Waals surface area contributed by atoms with Gasteiger partial charge in [-0.05, 0) is 36.7 Å². The summed E-state index contributed by atoms with van der Waals surface area (Å²) in [6.45, 7) is 0. The van der Waals surface area contributed by atoms with Crippen LogP contribution in [0.4, 0.5) is 8.78 Å². The monoisotopic (exact) mass is 290 g/mol. The van der Waals surface area contributed by atoms with Crippen LogP contribution in [0.3, 0.4) is 0 Å². The van der Waals surface area contributed by atoms with Crippen molar-refractivity contribution in [3.05, 3.63) is 64.8 Å². The van der Waals surface area contributed by atoms with Gasteiger partial charge in [-0.3, -0.25) is 4.98 Å². The van der Waals surface area contributed by atoms with Gasteiger partial charge in [0.1, 0.15) is 11.6 Å². The van der Waals surface area contributed by atoms with Crippen LogP contribution in [-0.4, -0.2) is 12.0 Å². The fraction of sp³-hybridized carbons (Fsp3) is 0.133. The lowest BCUT2D eigenvalue weighted by atomic mass is 10.1. The van der Waals surface area contributed by atoms with E-state index in [0.717, 1.165) is 15.0 Å². The molecular weight excluding hydrogens is 278 g/mol. The Bertz CT molecular complexity index is 754. The molecule has 1 aromatic carbocycles. The Labute approximate surface area is 119 Å².